The van der Waals surface area contributed by atoms with Gasteiger partial charge >= 0.3 is 0 Å². The zero-order valence-corrected chi connectivity index (χ0v) is 10.7. The molecule has 0 aliphatic rings. The summed E-state index contributed by atoms with van der Waals surface area (Å²) in [6, 6.07) is 5.87. The molecule has 1 aromatic carbocycles. The Morgan fingerprint density at radius 2 is 2.18 bits per heavy atom. The lowest BCUT2D eigenvalue weighted by Crippen LogP contribution is -2.07. The molecular weight excluding hydrogens is 214 g/mol. The monoisotopic (exact) mass is 235 g/mol. The summed E-state index contributed by atoms with van der Waals surface area (Å²) in [5.41, 5.74) is 7.79. The average molecular weight is 235 g/mol. The molecule has 1 aromatic rings. The smallest absolute Gasteiger partial charge is 0.164 e. The van der Waals surface area contributed by atoms with Crippen molar-refractivity contribution in [2.24, 2.45) is 5.73 Å². The van der Waals surface area contributed by atoms with E-state index >= 15 is 0 Å². The van der Waals surface area contributed by atoms with Crippen LogP contribution < -0.4 is 15.2 Å². The number of para-hydroxylation sites is 1. The van der Waals surface area contributed by atoms with Gasteiger partial charge in [-0.15, -0.1) is 6.58 Å². The van der Waals surface area contributed by atoms with Crippen LogP contribution in [0, 0.1) is 0 Å². The molecule has 0 bridgehead atoms. The van der Waals surface area contributed by atoms with E-state index in [-0.39, 0.29) is 0 Å². The predicted octanol–water partition coefficient (Wildman–Crippen LogP) is 2.54. The van der Waals surface area contributed by atoms with E-state index in [0.29, 0.717) is 13.2 Å². The van der Waals surface area contributed by atoms with Crippen LogP contribution >= 0.6 is 0 Å². The molecule has 0 fully saturated rings. The van der Waals surface area contributed by atoms with Gasteiger partial charge in [-0.25, -0.2) is 0 Å². The second kappa shape index (κ2) is 6.97. The molecule has 0 saturated heterocycles. The number of rotatable bonds is 7. The van der Waals surface area contributed by atoms with Gasteiger partial charge in [0, 0.05) is 6.42 Å². The number of hydrogen-bond donors (Lipinski definition) is 1. The third-order valence-corrected chi connectivity index (χ3v) is 2.47. The molecule has 3 heteroatoms. The van der Waals surface area contributed by atoms with Gasteiger partial charge in [0.05, 0.1) is 13.7 Å². The van der Waals surface area contributed by atoms with E-state index in [1.807, 2.05) is 25.1 Å². The van der Waals surface area contributed by atoms with Gasteiger partial charge in [-0.05, 0) is 31.5 Å². The van der Waals surface area contributed by atoms with Crippen molar-refractivity contribution in [3.8, 4) is 11.5 Å². The predicted molar refractivity (Wildman–Crippen MR) is 70.7 cm³/mol. The third kappa shape index (κ3) is 4.11. The van der Waals surface area contributed by atoms with E-state index in [0.717, 1.165) is 35.5 Å². The van der Waals surface area contributed by atoms with E-state index in [2.05, 4.69) is 6.58 Å². The first-order chi connectivity index (χ1) is 8.19. The number of nitrogens with two attached hydrogens (primary N) is 1. The molecule has 0 radical (unpaired) electrons. The van der Waals surface area contributed by atoms with Crippen molar-refractivity contribution in [2.75, 3.05) is 20.3 Å². The molecule has 94 valence electrons. The first kappa shape index (κ1) is 13.6. The lowest BCUT2D eigenvalue weighted by atomic mass is 10.1. The van der Waals surface area contributed by atoms with Crippen LogP contribution in [-0.4, -0.2) is 20.3 Å². The van der Waals surface area contributed by atoms with E-state index < -0.39 is 0 Å². The zero-order valence-electron chi connectivity index (χ0n) is 10.7. The van der Waals surface area contributed by atoms with Gasteiger partial charge in [-0.1, -0.05) is 17.7 Å². The summed E-state index contributed by atoms with van der Waals surface area (Å²) in [4.78, 5) is 0. The molecule has 0 atom stereocenters. The molecule has 0 heterocycles. The highest BCUT2D eigenvalue weighted by molar-refractivity contribution is 5.46. The van der Waals surface area contributed by atoms with Crippen molar-refractivity contribution >= 4 is 0 Å². The quantitative estimate of drug-likeness (QED) is 0.739. The van der Waals surface area contributed by atoms with Crippen molar-refractivity contribution in [2.45, 2.75) is 19.8 Å². The summed E-state index contributed by atoms with van der Waals surface area (Å²) in [5.74, 6) is 1.57. The molecule has 2 N–H and O–H groups in total. The standard InChI is InChI=1S/C14H21NO2/c1-11(2)8-10-17-14-12(7-9-15)5-4-6-13(14)16-3/h4-6H,1,7-10,15H2,2-3H3. The molecule has 0 amide bonds. The second-order valence-electron chi connectivity index (χ2n) is 4.04. The summed E-state index contributed by atoms with van der Waals surface area (Å²) in [5, 5.41) is 0. The minimum atomic E-state index is 0.601. The minimum Gasteiger partial charge on any atom is -0.493 e. The molecule has 3 nitrogen and oxygen atoms in total. The van der Waals surface area contributed by atoms with Gasteiger partial charge in [0.2, 0.25) is 0 Å². The normalized spacial score (nSPS) is 10.1. The van der Waals surface area contributed by atoms with Gasteiger partial charge in [0.15, 0.2) is 11.5 Å². The molecule has 0 saturated carbocycles. The fourth-order valence-corrected chi connectivity index (χ4v) is 1.57. The Labute approximate surface area is 103 Å². The lowest BCUT2D eigenvalue weighted by Gasteiger charge is -2.14. The molecule has 0 aromatic heterocycles. The first-order valence-electron chi connectivity index (χ1n) is 5.82. The molecular formula is C14H21NO2. The summed E-state index contributed by atoms with van der Waals surface area (Å²) in [6.45, 7) is 7.07. The van der Waals surface area contributed by atoms with Crippen LogP contribution in [0.15, 0.2) is 30.4 Å². The average Bonchev–Trinajstić information content (AvgIpc) is 2.30. The Bertz CT molecular complexity index is 374. The van der Waals surface area contributed by atoms with Crippen molar-refractivity contribution in [1.29, 1.82) is 0 Å². The fourth-order valence-electron chi connectivity index (χ4n) is 1.57. The van der Waals surface area contributed by atoms with Gasteiger partial charge in [0.25, 0.3) is 0 Å². The van der Waals surface area contributed by atoms with Crippen LogP contribution in [-0.2, 0) is 6.42 Å². The largest absolute Gasteiger partial charge is 0.493 e. The van der Waals surface area contributed by atoms with Crippen LogP contribution in [0.2, 0.25) is 0 Å². The van der Waals surface area contributed by atoms with Crippen LogP contribution in [0.1, 0.15) is 18.9 Å². The summed E-state index contributed by atoms with van der Waals surface area (Å²) in [6.07, 6.45) is 1.64. The number of benzene rings is 1. The molecule has 1 rings (SSSR count). The topological polar surface area (TPSA) is 44.5 Å². The van der Waals surface area contributed by atoms with Gasteiger partial charge in [-0.2, -0.15) is 0 Å². The molecule has 0 unspecified atom stereocenters. The van der Waals surface area contributed by atoms with E-state index in [1.165, 1.54) is 0 Å². The second-order valence-corrected chi connectivity index (χ2v) is 4.04. The lowest BCUT2D eigenvalue weighted by molar-refractivity contribution is 0.294. The maximum atomic E-state index is 5.78. The van der Waals surface area contributed by atoms with Gasteiger partial charge in [-0.3, -0.25) is 0 Å². The Hall–Kier alpha value is -1.48. The molecule has 0 aliphatic heterocycles. The van der Waals surface area contributed by atoms with Gasteiger partial charge < -0.3 is 15.2 Å². The number of methoxy groups -OCH3 is 1. The number of hydrogen-bond acceptors (Lipinski definition) is 3. The van der Waals surface area contributed by atoms with Crippen molar-refractivity contribution in [3.05, 3.63) is 35.9 Å². The zero-order chi connectivity index (χ0) is 12.7. The summed E-state index contributed by atoms with van der Waals surface area (Å²) >= 11 is 0. The Morgan fingerprint density at radius 1 is 1.41 bits per heavy atom. The van der Waals surface area contributed by atoms with Crippen LogP contribution in [0.5, 0.6) is 11.5 Å². The van der Waals surface area contributed by atoms with E-state index in [4.69, 9.17) is 15.2 Å². The highest BCUT2D eigenvalue weighted by Crippen LogP contribution is 2.31. The van der Waals surface area contributed by atoms with Crippen LogP contribution in [0.25, 0.3) is 0 Å². The number of ether oxygens (including phenoxy) is 2. The molecule has 0 spiro atoms. The van der Waals surface area contributed by atoms with E-state index in [9.17, 15) is 0 Å². The Kier molecular flexibility index (Phi) is 5.57. The highest BCUT2D eigenvalue weighted by atomic mass is 16.5. The van der Waals surface area contributed by atoms with Gasteiger partial charge in [0.1, 0.15) is 0 Å². The summed E-state index contributed by atoms with van der Waals surface area (Å²) in [7, 11) is 1.65. The maximum Gasteiger partial charge on any atom is 0.164 e. The maximum absolute atomic E-state index is 5.78. The first-order valence-corrected chi connectivity index (χ1v) is 5.82. The van der Waals surface area contributed by atoms with Crippen molar-refractivity contribution < 1.29 is 9.47 Å². The molecule has 17 heavy (non-hydrogen) atoms. The SMILES string of the molecule is C=C(C)CCOc1c(CCN)cccc1OC. The molecule has 0 aliphatic carbocycles. The fraction of sp³-hybridized carbons (Fsp3) is 0.429. The Balaban J connectivity index is 2.80. The van der Waals surface area contributed by atoms with Crippen molar-refractivity contribution in [3.63, 3.8) is 0 Å². The summed E-state index contributed by atoms with van der Waals surface area (Å²) < 4.78 is 11.1. The van der Waals surface area contributed by atoms with Crippen molar-refractivity contribution in [1.82, 2.24) is 0 Å². The van der Waals surface area contributed by atoms with E-state index in [1.54, 1.807) is 7.11 Å². The minimum absolute atomic E-state index is 0.601. The van der Waals surface area contributed by atoms with Crippen LogP contribution in [0.3, 0.4) is 0 Å². The highest BCUT2D eigenvalue weighted by Gasteiger charge is 2.09. The van der Waals surface area contributed by atoms with Crippen LogP contribution in [0.4, 0.5) is 0 Å². The third-order valence-electron chi connectivity index (χ3n) is 2.47. The Morgan fingerprint density at radius 3 is 2.76 bits per heavy atom.